The van der Waals surface area contributed by atoms with Gasteiger partial charge < -0.3 is 11.1 Å². The Kier molecular flexibility index (Phi) is 5.33. The molecule has 3 N–H and O–H groups in total. The van der Waals surface area contributed by atoms with Crippen molar-refractivity contribution < 1.29 is 4.79 Å². The number of amides is 1. The molecule has 1 aliphatic rings. The molecule has 0 radical (unpaired) electrons. The molecule has 1 saturated carbocycles. The summed E-state index contributed by atoms with van der Waals surface area (Å²) in [4.78, 5) is 10.5. The average molecular weight is 216 g/mol. The van der Waals surface area contributed by atoms with Crippen LogP contribution in [-0.2, 0) is 4.79 Å². The fraction of sp³-hybridized carbons (Fsp3) is 0.900. The molecule has 0 aromatic carbocycles. The maximum atomic E-state index is 10.5. The van der Waals surface area contributed by atoms with Crippen LogP contribution in [0.4, 0.5) is 0 Å². The minimum Gasteiger partial charge on any atom is -0.370 e. The Balaban J connectivity index is 2.14. The van der Waals surface area contributed by atoms with Crippen molar-refractivity contribution in [3.05, 3.63) is 0 Å². The Bertz CT molecular complexity index is 187. The van der Waals surface area contributed by atoms with Gasteiger partial charge in [-0.25, -0.2) is 0 Å². The van der Waals surface area contributed by atoms with Crippen molar-refractivity contribution >= 4 is 17.7 Å². The molecular formula is C10H20N2OS. The van der Waals surface area contributed by atoms with E-state index in [-0.39, 0.29) is 5.91 Å². The highest BCUT2D eigenvalue weighted by atomic mass is 32.2. The minimum absolute atomic E-state index is 0.213. The van der Waals surface area contributed by atoms with E-state index >= 15 is 0 Å². The second kappa shape index (κ2) is 6.30. The Hall–Kier alpha value is -0.220. The fourth-order valence-electron chi connectivity index (χ4n) is 1.94. The number of carbonyl (C=O) groups is 1. The maximum absolute atomic E-state index is 10.5. The second-order valence-corrected chi connectivity index (χ2v) is 5.03. The van der Waals surface area contributed by atoms with Gasteiger partial charge >= 0.3 is 0 Å². The maximum Gasteiger partial charge on any atom is 0.218 e. The summed E-state index contributed by atoms with van der Waals surface area (Å²) in [6.07, 6.45) is 7.77. The minimum atomic E-state index is -0.213. The van der Waals surface area contributed by atoms with Crippen molar-refractivity contribution in [2.45, 2.75) is 43.4 Å². The summed E-state index contributed by atoms with van der Waals surface area (Å²) >= 11 is 1.96. The second-order valence-electron chi connectivity index (χ2n) is 3.89. The van der Waals surface area contributed by atoms with Crippen LogP contribution in [0.3, 0.4) is 0 Å². The predicted molar refractivity (Wildman–Crippen MR) is 61.4 cm³/mol. The third-order valence-corrected chi connectivity index (χ3v) is 3.86. The van der Waals surface area contributed by atoms with Crippen LogP contribution in [0.1, 0.15) is 32.1 Å². The van der Waals surface area contributed by atoms with Gasteiger partial charge in [0.05, 0.1) is 0 Å². The van der Waals surface area contributed by atoms with Crippen LogP contribution < -0.4 is 11.1 Å². The Morgan fingerprint density at radius 2 is 2.36 bits per heavy atom. The first kappa shape index (κ1) is 11.9. The average Bonchev–Trinajstić information content (AvgIpc) is 2.18. The summed E-state index contributed by atoms with van der Waals surface area (Å²) in [5.74, 6) is -0.213. The number of thioether (sulfide) groups is 1. The summed E-state index contributed by atoms with van der Waals surface area (Å²) in [5.41, 5.74) is 5.08. The van der Waals surface area contributed by atoms with Gasteiger partial charge in [0, 0.05) is 24.3 Å². The van der Waals surface area contributed by atoms with E-state index in [0.717, 1.165) is 11.8 Å². The van der Waals surface area contributed by atoms with Gasteiger partial charge in [0.2, 0.25) is 5.91 Å². The first-order valence-corrected chi connectivity index (χ1v) is 6.55. The van der Waals surface area contributed by atoms with Crippen molar-refractivity contribution in [2.75, 3.05) is 12.8 Å². The molecule has 1 amide bonds. The number of primary amides is 1. The predicted octanol–water partition coefficient (Wildman–Crippen LogP) is 1.13. The van der Waals surface area contributed by atoms with Gasteiger partial charge in [0.1, 0.15) is 0 Å². The lowest BCUT2D eigenvalue weighted by atomic mass is 9.95. The van der Waals surface area contributed by atoms with Crippen LogP contribution in [0.5, 0.6) is 0 Å². The molecule has 14 heavy (non-hydrogen) atoms. The first-order chi connectivity index (χ1) is 6.72. The molecular weight excluding hydrogens is 196 g/mol. The van der Waals surface area contributed by atoms with E-state index in [0.29, 0.717) is 12.5 Å². The highest BCUT2D eigenvalue weighted by Crippen LogP contribution is 2.26. The molecule has 3 nitrogen and oxygen atoms in total. The lowest BCUT2D eigenvalue weighted by Gasteiger charge is -2.28. The first-order valence-electron chi connectivity index (χ1n) is 5.27. The number of nitrogens with one attached hydrogen (secondary N) is 1. The summed E-state index contributed by atoms with van der Waals surface area (Å²) in [6, 6.07) is 0.598. The smallest absolute Gasteiger partial charge is 0.218 e. The number of hydrogen-bond acceptors (Lipinski definition) is 3. The standard InChI is InChI=1S/C10H20N2OS/c1-14-9-4-2-3-8(7-9)12-6-5-10(11)13/h8-9,12H,2-7H2,1H3,(H2,11,13). The van der Waals surface area contributed by atoms with Gasteiger partial charge in [-0.05, 0) is 25.5 Å². The van der Waals surface area contributed by atoms with E-state index in [1.807, 2.05) is 11.8 Å². The molecule has 0 heterocycles. The van der Waals surface area contributed by atoms with Gasteiger partial charge in [0.15, 0.2) is 0 Å². The monoisotopic (exact) mass is 216 g/mol. The summed E-state index contributed by atoms with van der Waals surface area (Å²) in [6.45, 7) is 0.737. The Morgan fingerprint density at radius 1 is 1.57 bits per heavy atom. The van der Waals surface area contributed by atoms with E-state index in [1.54, 1.807) is 0 Å². The molecule has 2 atom stereocenters. The topological polar surface area (TPSA) is 55.1 Å². The Morgan fingerprint density at radius 3 is 3.00 bits per heavy atom. The number of nitrogens with two attached hydrogens (primary N) is 1. The Labute approximate surface area is 90.2 Å². The highest BCUT2D eigenvalue weighted by Gasteiger charge is 2.20. The molecule has 82 valence electrons. The number of carbonyl (C=O) groups excluding carboxylic acids is 1. The molecule has 0 bridgehead atoms. The van der Waals surface area contributed by atoms with Gasteiger partial charge in [-0.1, -0.05) is 6.42 Å². The van der Waals surface area contributed by atoms with Crippen molar-refractivity contribution in [3.8, 4) is 0 Å². The number of rotatable bonds is 5. The van der Waals surface area contributed by atoms with Crippen molar-refractivity contribution in [1.29, 1.82) is 0 Å². The van der Waals surface area contributed by atoms with Crippen LogP contribution in [0.2, 0.25) is 0 Å². The van der Waals surface area contributed by atoms with Crippen molar-refractivity contribution in [3.63, 3.8) is 0 Å². The van der Waals surface area contributed by atoms with E-state index in [9.17, 15) is 4.79 Å². The van der Waals surface area contributed by atoms with E-state index < -0.39 is 0 Å². The zero-order chi connectivity index (χ0) is 10.4. The lowest BCUT2D eigenvalue weighted by molar-refractivity contribution is -0.117. The number of hydrogen-bond donors (Lipinski definition) is 2. The molecule has 0 saturated heterocycles. The zero-order valence-corrected chi connectivity index (χ0v) is 9.61. The van der Waals surface area contributed by atoms with Crippen LogP contribution in [0.15, 0.2) is 0 Å². The van der Waals surface area contributed by atoms with Crippen molar-refractivity contribution in [2.24, 2.45) is 5.73 Å². The molecule has 1 aliphatic carbocycles. The molecule has 0 aromatic rings. The molecule has 0 aliphatic heterocycles. The zero-order valence-electron chi connectivity index (χ0n) is 8.79. The summed E-state index contributed by atoms with van der Waals surface area (Å²) in [5, 5.41) is 4.20. The highest BCUT2D eigenvalue weighted by molar-refractivity contribution is 7.99. The van der Waals surface area contributed by atoms with Crippen LogP contribution in [0.25, 0.3) is 0 Å². The molecule has 1 rings (SSSR count). The lowest BCUT2D eigenvalue weighted by Crippen LogP contribution is -2.36. The van der Waals surface area contributed by atoms with Gasteiger partial charge in [-0.3, -0.25) is 4.79 Å². The van der Waals surface area contributed by atoms with E-state index in [2.05, 4.69) is 11.6 Å². The van der Waals surface area contributed by atoms with E-state index in [4.69, 9.17) is 5.73 Å². The third kappa shape index (κ3) is 4.33. The summed E-state index contributed by atoms with van der Waals surface area (Å²) in [7, 11) is 0. The van der Waals surface area contributed by atoms with E-state index in [1.165, 1.54) is 25.7 Å². The fourth-order valence-corrected chi connectivity index (χ4v) is 2.77. The molecule has 4 heteroatoms. The molecule has 0 aromatic heterocycles. The largest absolute Gasteiger partial charge is 0.370 e. The van der Waals surface area contributed by atoms with Gasteiger partial charge in [0.25, 0.3) is 0 Å². The van der Waals surface area contributed by atoms with Crippen LogP contribution in [0, 0.1) is 0 Å². The SMILES string of the molecule is CSC1CCCC(NCCC(N)=O)C1. The molecule has 0 spiro atoms. The quantitative estimate of drug-likeness (QED) is 0.724. The molecule has 1 fully saturated rings. The van der Waals surface area contributed by atoms with Gasteiger partial charge in [-0.2, -0.15) is 11.8 Å². The van der Waals surface area contributed by atoms with Gasteiger partial charge in [-0.15, -0.1) is 0 Å². The van der Waals surface area contributed by atoms with Crippen molar-refractivity contribution in [1.82, 2.24) is 5.32 Å². The summed E-state index contributed by atoms with van der Waals surface area (Å²) < 4.78 is 0. The van der Waals surface area contributed by atoms with Crippen LogP contribution in [-0.4, -0.2) is 30.0 Å². The third-order valence-electron chi connectivity index (χ3n) is 2.76. The van der Waals surface area contributed by atoms with Crippen LogP contribution >= 0.6 is 11.8 Å². The molecule has 2 unspecified atom stereocenters. The normalized spacial score (nSPS) is 27.5.